The number of amides is 2. The molecule has 0 radical (unpaired) electrons. The number of imide groups is 1. The van der Waals surface area contributed by atoms with Crippen molar-refractivity contribution in [3.63, 3.8) is 0 Å². The van der Waals surface area contributed by atoms with E-state index in [1.54, 1.807) is 49.4 Å². The monoisotopic (exact) mass is 309 g/mol. The Morgan fingerprint density at radius 3 is 2.52 bits per heavy atom. The van der Waals surface area contributed by atoms with E-state index in [2.05, 4.69) is 0 Å². The molecule has 0 bridgehead atoms. The molecule has 0 saturated carbocycles. The molecular formula is C18H15NO4. The van der Waals surface area contributed by atoms with Crippen molar-refractivity contribution in [2.45, 2.75) is 19.3 Å². The van der Waals surface area contributed by atoms with Gasteiger partial charge in [-0.3, -0.25) is 19.6 Å². The Balaban J connectivity index is 1.91. The van der Waals surface area contributed by atoms with E-state index in [1.165, 1.54) is 0 Å². The topological polar surface area (TPSA) is 74.7 Å². The fraction of sp³-hybridized carbons (Fsp3) is 0.167. The second-order valence-electron chi connectivity index (χ2n) is 5.56. The molecule has 1 N–H and O–H groups in total. The van der Waals surface area contributed by atoms with Gasteiger partial charge in [-0.1, -0.05) is 42.5 Å². The van der Waals surface area contributed by atoms with E-state index in [0.29, 0.717) is 16.7 Å². The van der Waals surface area contributed by atoms with Crippen molar-refractivity contribution in [1.82, 2.24) is 5.06 Å². The molecule has 2 amide bonds. The number of rotatable bonds is 3. The first-order valence-electron chi connectivity index (χ1n) is 7.27. The van der Waals surface area contributed by atoms with E-state index < -0.39 is 17.7 Å². The summed E-state index contributed by atoms with van der Waals surface area (Å²) in [7, 11) is 0. The minimum atomic E-state index is -0.753. The molecule has 0 aliphatic carbocycles. The number of ketones is 1. The average Bonchev–Trinajstić information content (AvgIpc) is 2.58. The summed E-state index contributed by atoms with van der Waals surface area (Å²) in [5.41, 5.74) is 2.10. The lowest BCUT2D eigenvalue weighted by atomic mass is 9.88. The lowest BCUT2D eigenvalue weighted by Gasteiger charge is -2.26. The molecule has 1 unspecified atom stereocenters. The number of nitrogens with zero attached hydrogens (tertiary/aromatic N) is 1. The maximum atomic E-state index is 12.2. The van der Waals surface area contributed by atoms with E-state index in [0.717, 1.165) is 0 Å². The summed E-state index contributed by atoms with van der Waals surface area (Å²) >= 11 is 0. The zero-order valence-corrected chi connectivity index (χ0v) is 12.5. The van der Waals surface area contributed by atoms with E-state index in [-0.39, 0.29) is 22.8 Å². The third kappa shape index (κ3) is 2.66. The summed E-state index contributed by atoms with van der Waals surface area (Å²) in [6.45, 7) is 1.63. The molecule has 116 valence electrons. The Morgan fingerprint density at radius 1 is 1.13 bits per heavy atom. The Kier molecular flexibility index (Phi) is 3.80. The van der Waals surface area contributed by atoms with Gasteiger partial charge in [0.1, 0.15) is 0 Å². The second kappa shape index (κ2) is 5.78. The minimum absolute atomic E-state index is 0.0567. The third-order valence-electron chi connectivity index (χ3n) is 4.05. The molecule has 0 fully saturated rings. The SMILES string of the molecule is CC1C(=O)N(O)C(=O)c2cc(CC(=O)c3ccccc3)ccc21. The van der Waals surface area contributed by atoms with Gasteiger partial charge >= 0.3 is 0 Å². The Bertz CT molecular complexity index is 798. The van der Waals surface area contributed by atoms with Gasteiger partial charge in [-0.25, -0.2) is 0 Å². The molecule has 1 aliphatic heterocycles. The maximum Gasteiger partial charge on any atom is 0.284 e. The molecule has 0 spiro atoms. The standard InChI is InChI=1S/C18H15NO4/c1-11-14-8-7-12(9-15(14)18(22)19(23)17(11)21)10-16(20)13-5-3-2-4-6-13/h2-9,11,23H,10H2,1H3. The molecule has 5 heteroatoms. The summed E-state index contributed by atoms with van der Waals surface area (Å²) in [5, 5.41) is 9.73. The molecule has 0 aromatic heterocycles. The average molecular weight is 309 g/mol. The largest absolute Gasteiger partial charge is 0.294 e. The van der Waals surface area contributed by atoms with Gasteiger partial charge in [-0.05, 0) is 24.1 Å². The van der Waals surface area contributed by atoms with Gasteiger partial charge in [0.2, 0.25) is 0 Å². The number of carbonyl (C=O) groups excluding carboxylic acids is 3. The summed E-state index contributed by atoms with van der Waals surface area (Å²) in [4.78, 5) is 36.0. The highest BCUT2D eigenvalue weighted by Gasteiger charge is 2.35. The summed E-state index contributed by atoms with van der Waals surface area (Å²) < 4.78 is 0. The summed E-state index contributed by atoms with van der Waals surface area (Å²) in [5.74, 6) is -2.04. The zero-order chi connectivity index (χ0) is 16.6. The van der Waals surface area contributed by atoms with Crippen molar-refractivity contribution >= 4 is 17.6 Å². The van der Waals surface area contributed by atoms with Crippen molar-refractivity contribution in [1.29, 1.82) is 0 Å². The number of Topliss-reactive ketones (excluding diaryl/α,β-unsaturated/α-hetero) is 1. The number of carbonyl (C=O) groups is 3. The molecule has 1 aliphatic rings. The van der Waals surface area contributed by atoms with Crippen LogP contribution in [0, 0.1) is 0 Å². The Hall–Kier alpha value is -2.79. The number of hydroxylamine groups is 2. The summed E-state index contributed by atoms with van der Waals surface area (Å²) in [6, 6.07) is 13.9. The molecular weight excluding hydrogens is 294 g/mol. The minimum Gasteiger partial charge on any atom is -0.294 e. The lowest BCUT2D eigenvalue weighted by molar-refractivity contribution is -0.156. The van der Waals surface area contributed by atoms with Gasteiger partial charge in [-0.2, -0.15) is 5.06 Å². The molecule has 0 saturated heterocycles. The molecule has 2 aromatic rings. The molecule has 5 nitrogen and oxygen atoms in total. The van der Waals surface area contributed by atoms with Gasteiger partial charge in [0.05, 0.1) is 5.92 Å². The van der Waals surface area contributed by atoms with Crippen molar-refractivity contribution in [3.05, 3.63) is 70.8 Å². The van der Waals surface area contributed by atoms with Crippen LogP contribution in [0.2, 0.25) is 0 Å². The van der Waals surface area contributed by atoms with Crippen LogP contribution in [0.15, 0.2) is 48.5 Å². The highest BCUT2D eigenvalue weighted by Crippen LogP contribution is 2.29. The maximum absolute atomic E-state index is 12.2. The first-order chi connectivity index (χ1) is 11.0. The van der Waals surface area contributed by atoms with Crippen LogP contribution in [-0.2, 0) is 11.2 Å². The van der Waals surface area contributed by atoms with Crippen LogP contribution in [0.5, 0.6) is 0 Å². The van der Waals surface area contributed by atoms with Gasteiger partial charge in [0.15, 0.2) is 5.78 Å². The summed E-state index contributed by atoms with van der Waals surface area (Å²) in [6.07, 6.45) is 0.151. The molecule has 1 heterocycles. The van der Waals surface area contributed by atoms with Gasteiger partial charge in [0.25, 0.3) is 11.8 Å². The Morgan fingerprint density at radius 2 is 1.83 bits per heavy atom. The molecule has 3 rings (SSSR count). The van der Waals surface area contributed by atoms with Crippen molar-refractivity contribution < 1.29 is 19.6 Å². The van der Waals surface area contributed by atoms with E-state index >= 15 is 0 Å². The first-order valence-corrected chi connectivity index (χ1v) is 7.27. The number of hydrogen-bond acceptors (Lipinski definition) is 4. The predicted molar refractivity (Wildman–Crippen MR) is 82.3 cm³/mol. The van der Waals surface area contributed by atoms with Crippen LogP contribution in [0.25, 0.3) is 0 Å². The quantitative estimate of drug-likeness (QED) is 0.537. The first kappa shape index (κ1) is 15.1. The van der Waals surface area contributed by atoms with Crippen LogP contribution in [0.4, 0.5) is 0 Å². The molecule has 1 atom stereocenters. The van der Waals surface area contributed by atoms with Crippen LogP contribution in [0.3, 0.4) is 0 Å². The van der Waals surface area contributed by atoms with Crippen molar-refractivity contribution in [2.24, 2.45) is 0 Å². The van der Waals surface area contributed by atoms with Gasteiger partial charge < -0.3 is 0 Å². The number of benzene rings is 2. The smallest absolute Gasteiger partial charge is 0.284 e. The third-order valence-corrected chi connectivity index (χ3v) is 4.05. The lowest BCUT2D eigenvalue weighted by Crippen LogP contribution is -2.41. The number of fused-ring (bicyclic) bond motifs is 1. The van der Waals surface area contributed by atoms with Crippen molar-refractivity contribution in [3.8, 4) is 0 Å². The van der Waals surface area contributed by atoms with E-state index in [4.69, 9.17) is 0 Å². The van der Waals surface area contributed by atoms with Crippen LogP contribution >= 0.6 is 0 Å². The van der Waals surface area contributed by atoms with Crippen LogP contribution in [0.1, 0.15) is 44.7 Å². The highest BCUT2D eigenvalue weighted by molar-refractivity contribution is 6.10. The van der Waals surface area contributed by atoms with Crippen molar-refractivity contribution in [2.75, 3.05) is 0 Å². The van der Waals surface area contributed by atoms with Crippen LogP contribution in [-0.4, -0.2) is 27.9 Å². The molecule has 23 heavy (non-hydrogen) atoms. The number of hydrogen-bond donors (Lipinski definition) is 1. The predicted octanol–water partition coefficient (Wildman–Crippen LogP) is 2.59. The molecule has 2 aromatic carbocycles. The fourth-order valence-electron chi connectivity index (χ4n) is 2.72. The highest BCUT2D eigenvalue weighted by atomic mass is 16.5. The van der Waals surface area contributed by atoms with Crippen LogP contribution < -0.4 is 0 Å². The zero-order valence-electron chi connectivity index (χ0n) is 12.5. The van der Waals surface area contributed by atoms with E-state index in [1.807, 2.05) is 6.07 Å². The van der Waals surface area contributed by atoms with Gasteiger partial charge in [0, 0.05) is 17.5 Å². The fourth-order valence-corrected chi connectivity index (χ4v) is 2.72. The normalized spacial score (nSPS) is 17.1. The Labute approximate surface area is 133 Å². The van der Waals surface area contributed by atoms with E-state index in [9.17, 15) is 19.6 Å². The van der Waals surface area contributed by atoms with Gasteiger partial charge in [-0.15, -0.1) is 0 Å². The second-order valence-corrected chi connectivity index (χ2v) is 5.56.